The van der Waals surface area contributed by atoms with Crippen molar-refractivity contribution in [3.05, 3.63) is 35.9 Å². The van der Waals surface area contributed by atoms with Gasteiger partial charge in [-0.15, -0.1) is 0 Å². The summed E-state index contributed by atoms with van der Waals surface area (Å²) in [7, 11) is 2.12. The average molecular weight is 287 g/mol. The molecular weight excluding hydrogens is 258 g/mol. The highest BCUT2D eigenvalue weighted by Crippen LogP contribution is 2.41. The van der Waals surface area contributed by atoms with Gasteiger partial charge in [-0.25, -0.2) is 0 Å². The predicted molar refractivity (Wildman–Crippen MR) is 87.5 cm³/mol. The summed E-state index contributed by atoms with van der Waals surface area (Å²) < 4.78 is 6.25. The maximum Gasteiger partial charge on any atom is 0.0685 e. The van der Waals surface area contributed by atoms with Crippen molar-refractivity contribution in [2.24, 2.45) is 5.92 Å². The Balaban J connectivity index is 1.65. The van der Waals surface area contributed by atoms with E-state index in [9.17, 15) is 0 Å². The van der Waals surface area contributed by atoms with E-state index in [4.69, 9.17) is 4.74 Å². The third-order valence-corrected chi connectivity index (χ3v) is 5.53. The Morgan fingerprint density at radius 3 is 2.67 bits per heavy atom. The van der Waals surface area contributed by atoms with E-state index in [-0.39, 0.29) is 5.60 Å². The van der Waals surface area contributed by atoms with Crippen molar-refractivity contribution in [3.63, 3.8) is 0 Å². The van der Waals surface area contributed by atoms with Crippen LogP contribution in [0.15, 0.2) is 30.3 Å². The number of rotatable bonds is 4. The van der Waals surface area contributed by atoms with E-state index in [0.29, 0.717) is 6.04 Å². The normalized spacial score (nSPS) is 26.6. The lowest BCUT2D eigenvalue weighted by atomic mass is 9.73. The van der Waals surface area contributed by atoms with E-state index in [1.165, 1.54) is 50.5 Å². The van der Waals surface area contributed by atoms with Gasteiger partial charge in [0.15, 0.2) is 0 Å². The van der Waals surface area contributed by atoms with E-state index >= 15 is 0 Å². The molecule has 0 bridgehead atoms. The van der Waals surface area contributed by atoms with Gasteiger partial charge in [-0.2, -0.15) is 0 Å². The van der Waals surface area contributed by atoms with Crippen LogP contribution in [0.2, 0.25) is 0 Å². The first kappa shape index (κ1) is 15.1. The Kier molecular flexibility index (Phi) is 4.97. The third-order valence-electron chi connectivity index (χ3n) is 5.53. The molecule has 1 heterocycles. The Bertz CT molecular complexity index is 419. The lowest BCUT2D eigenvalue weighted by molar-refractivity contribution is -0.121. The minimum absolute atomic E-state index is 0.215. The predicted octanol–water partition coefficient (Wildman–Crippen LogP) is 3.95. The van der Waals surface area contributed by atoms with Crippen LogP contribution in [-0.4, -0.2) is 25.3 Å². The van der Waals surface area contributed by atoms with Crippen LogP contribution in [0.1, 0.15) is 50.5 Å². The van der Waals surface area contributed by atoms with Crippen molar-refractivity contribution in [1.29, 1.82) is 0 Å². The van der Waals surface area contributed by atoms with E-state index < -0.39 is 0 Å². The van der Waals surface area contributed by atoms with Gasteiger partial charge < -0.3 is 10.1 Å². The first-order chi connectivity index (χ1) is 10.3. The zero-order valence-corrected chi connectivity index (χ0v) is 13.3. The van der Waals surface area contributed by atoms with Crippen LogP contribution in [0.5, 0.6) is 0 Å². The topological polar surface area (TPSA) is 21.3 Å². The molecule has 2 aliphatic rings. The van der Waals surface area contributed by atoms with Crippen molar-refractivity contribution >= 4 is 0 Å². The van der Waals surface area contributed by atoms with Gasteiger partial charge in [-0.1, -0.05) is 49.6 Å². The maximum atomic E-state index is 6.25. The number of nitrogens with one attached hydrogen (secondary N) is 1. The second-order valence-electron chi connectivity index (χ2n) is 6.93. The number of benzene rings is 1. The highest BCUT2D eigenvalue weighted by atomic mass is 16.5. The van der Waals surface area contributed by atoms with Gasteiger partial charge >= 0.3 is 0 Å². The van der Waals surface area contributed by atoms with Gasteiger partial charge in [0.05, 0.1) is 5.60 Å². The Morgan fingerprint density at radius 2 is 1.95 bits per heavy atom. The first-order valence-corrected chi connectivity index (χ1v) is 8.66. The molecule has 0 aromatic heterocycles. The summed E-state index contributed by atoms with van der Waals surface area (Å²) in [5, 5.41) is 3.59. The number of ether oxygens (including phenoxy) is 1. The Morgan fingerprint density at radius 1 is 1.19 bits per heavy atom. The number of hydrogen-bond acceptors (Lipinski definition) is 2. The van der Waals surface area contributed by atoms with E-state index in [2.05, 4.69) is 42.7 Å². The molecule has 1 aliphatic heterocycles. The fraction of sp³-hybridized carbons (Fsp3) is 0.684. The Hall–Kier alpha value is -0.860. The monoisotopic (exact) mass is 287 g/mol. The molecule has 2 fully saturated rings. The van der Waals surface area contributed by atoms with Crippen molar-refractivity contribution < 1.29 is 4.74 Å². The largest absolute Gasteiger partial charge is 0.375 e. The molecule has 1 saturated carbocycles. The molecule has 1 spiro atoms. The zero-order valence-electron chi connectivity index (χ0n) is 13.3. The summed E-state index contributed by atoms with van der Waals surface area (Å²) >= 11 is 0. The van der Waals surface area contributed by atoms with Gasteiger partial charge in [0.25, 0.3) is 0 Å². The second kappa shape index (κ2) is 6.93. The SMILES string of the molecule is CNC(Cc1ccccc1)C1CCOC2(CCCCC2)C1. The summed E-state index contributed by atoms with van der Waals surface area (Å²) in [6.07, 6.45) is 10.3. The highest BCUT2D eigenvalue weighted by molar-refractivity contribution is 5.16. The van der Waals surface area contributed by atoms with Crippen LogP contribution in [0.3, 0.4) is 0 Å². The molecule has 2 unspecified atom stereocenters. The average Bonchev–Trinajstić information content (AvgIpc) is 2.54. The molecule has 2 atom stereocenters. The first-order valence-electron chi connectivity index (χ1n) is 8.66. The molecular formula is C19H29NO. The van der Waals surface area contributed by atoms with Gasteiger partial charge in [0.2, 0.25) is 0 Å². The molecule has 0 radical (unpaired) electrons. The molecule has 2 heteroatoms. The number of likely N-dealkylation sites (N-methyl/N-ethyl adjacent to an activating group) is 1. The molecule has 1 aromatic carbocycles. The van der Waals surface area contributed by atoms with Crippen LogP contribution >= 0.6 is 0 Å². The van der Waals surface area contributed by atoms with Crippen LogP contribution < -0.4 is 5.32 Å². The molecule has 116 valence electrons. The lowest BCUT2D eigenvalue weighted by Crippen LogP contribution is -2.47. The van der Waals surface area contributed by atoms with Gasteiger partial charge in [0.1, 0.15) is 0 Å². The quantitative estimate of drug-likeness (QED) is 0.905. The van der Waals surface area contributed by atoms with Crippen molar-refractivity contribution in [1.82, 2.24) is 5.32 Å². The molecule has 1 N–H and O–H groups in total. The highest BCUT2D eigenvalue weighted by Gasteiger charge is 2.40. The van der Waals surface area contributed by atoms with Crippen LogP contribution in [-0.2, 0) is 11.2 Å². The maximum absolute atomic E-state index is 6.25. The number of hydrogen-bond donors (Lipinski definition) is 1. The van der Waals surface area contributed by atoms with E-state index in [1.54, 1.807) is 0 Å². The summed E-state index contributed by atoms with van der Waals surface area (Å²) in [6.45, 7) is 0.956. The molecule has 3 rings (SSSR count). The summed E-state index contributed by atoms with van der Waals surface area (Å²) in [6, 6.07) is 11.5. The summed E-state index contributed by atoms with van der Waals surface area (Å²) in [5.41, 5.74) is 1.66. The summed E-state index contributed by atoms with van der Waals surface area (Å²) in [5.74, 6) is 0.752. The minimum atomic E-state index is 0.215. The van der Waals surface area contributed by atoms with Crippen molar-refractivity contribution in [2.75, 3.05) is 13.7 Å². The fourth-order valence-corrected chi connectivity index (χ4v) is 4.33. The Labute approximate surface area is 129 Å². The zero-order chi connectivity index (χ0) is 14.5. The van der Waals surface area contributed by atoms with Crippen LogP contribution in [0.25, 0.3) is 0 Å². The summed E-state index contributed by atoms with van der Waals surface area (Å²) in [4.78, 5) is 0. The molecule has 1 aromatic rings. The third kappa shape index (κ3) is 3.67. The van der Waals surface area contributed by atoms with Crippen molar-refractivity contribution in [3.8, 4) is 0 Å². The molecule has 2 nitrogen and oxygen atoms in total. The van der Waals surface area contributed by atoms with E-state index in [1.807, 2.05) is 0 Å². The van der Waals surface area contributed by atoms with Gasteiger partial charge in [-0.05, 0) is 50.6 Å². The van der Waals surface area contributed by atoms with Crippen LogP contribution in [0, 0.1) is 5.92 Å². The minimum Gasteiger partial charge on any atom is -0.375 e. The van der Waals surface area contributed by atoms with E-state index in [0.717, 1.165) is 18.9 Å². The smallest absolute Gasteiger partial charge is 0.0685 e. The van der Waals surface area contributed by atoms with Gasteiger partial charge in [-0.3, -0.25) is 0 Å². The fourth-order valence-electron chi connectivity index (χ4n) is 4.33. The van der Waals surface area contributed by atoms with Crippen molar-refractivity contribution in [2.45, 2.75) is 63.0 Å². The van der Waals surface area contributed by atoms with Crippen LogP contribution in [0.4, 0.5) is 0 Å². The second-order valence-corrected chi connectivity index (χ2v) is 6.93. The lowest BCUT2D eigenvalue weighted by Gasteiger charge is -2.45. The van der Waals surface area contributed by atoms with Gasteiger partial charge in [0, 0.05) is 12.6 Å². The molecule has 1 saturated heterocycles. The molecule has 1 aliphatic carbocycles. The molecule has 21 heavy (non-hydrogen) atoms. The molecule has 0 amide bonds. The standard InChI is InChI=1S/C19H29NO/c1-20-18(14-16-8-4-2-5-9-16)17-10-13-21-19(15-17)11-6-3-7-12-19/h2,4-5,8-9,17-18,20H,3,6-7,10-15H2,1H3.